The predicted molar refractivity (Wildman–Crippen MR) is 62.1 cm³/mol. The van der Waals surface area contributed by atoms with Crippen molar-refractivity contribution in [2.45, 2.75) is 26.7 Å². The highest BCUT2D eigenvalue weighted by Gasteiger charge is 2.13. The molecule has 1 aliphatic rings. The summed E-state index contributed by atoms with van der Waals surface area (Å²) in [5, 5.41) is 0. The predicted octanol–water partition coefficient (Wildman–Crippen LogP) is 3.31. The topological polar surface area (TPSA) is 17.1 Å². The lowest BCUT2D eigenvalue weighted by Gasteiger charge is -2.18. The summed E-state index contributed by atoms with van der Waals surface area (Å²) in [6, 6.07) is 0. The monoisotopic (exact) mass is 216 g/mol. The van der Waals surface area contributed by atoms with Gasteiger partial charge in [0.25, 0.3) is 0 Å². The number of thioether (sulfide) groups is 2. The van der Waals surface area contributed by atoms with Crippen LogP contribution in [0.25, 0.3) is 0 Å². The molecule has 0 radical (unpaired) electrons. The Morgan fingerprint density at radius 2 is 2.15 bits per heavy atom. The largest absolute Gasteiger partial charge is 0.303 e. The van der Waals surface area contributed by atoms with Gasteiger partial charge < -0.3 is 4.79 Å². The second kappa shape index (κ2) is 5.76. The van der Waals surface area contributed by atoms with Gasteiger partial charge in [0.2, 0.25) is 0 Å². The Hall–Kier alpha value is 0.110. The Morgan fingerprint density at radius 1 is 1.54 bits per heavy atom. The van der Waals surface area contributed by atoms with Crippen LogP contribution in [0.15, 0.2) is 9.81 Å². The van der Waals surface area contributed by atoms with Gasteiger partial charge in [0.15, 0.2) is 0 Å². The van der Waals surface area contributed by atoms with Gasteiger partial charge in [-0.1, -0.05) is 12.5 Å². The zero-order valence-corrected chi connectivity index (χ0v) is 9.84. The van der Waals surface area contributed by atoms with Crippen LogP contribution in [0.5, 0.6) is 0 Å². The zero-order valence-electron chi connectivity index (χ0n) is 8.21. The SMILES string of the molecule is CC(=C1SCCCS1)[C@H](C)CC=O. The highest BCUT2D eigenvalue weighted by molar-refractivity contribution is 8.22. The number of rotatable bonds is 3. The summed E-state index contributed by atoms with van der Waals surface area (Å²) in [5.41, 5.74) is 1.40. The van der Waals surface area contributed by atoms with Crippen molar-refractivity contribution in [2.75, 3.05) is 11.5 Å². The van der Waals surface area contributed by atoms with E-state index in [9.17, 15) is 4.79 Å². The smallest absolute Gasteiger partial charge is 0.120 e. The molecule has 0 aromatic carbocycles. The lowest BCUT2D eigenvalue weighted by Crippen LogP contribution is -2.02. The fourth-order valence-electron chi connectivity index (χ4n) is 1.18. The van der Waals surface area contributed by atoms with Crippen molar-refractivity contribution in [1.29, 1.82) is 0 Å². The van der Waals surface area contributed by atoms with Gasteiger partial charge in [0, 0.05) is 10.7 Å². The van der Waals surface area contributed by atoms with Crippen LogP contribution < -0.4 is 0 Å². The normalized spacial score (nSPS) is 19.7. The summed E-state index contributed by atoms with van der Waals surface area (Å²) in [7, 11) is 0. The maximum atomic E-state index is 10.4. The average molecular weight is 216 g/mol. The van der Waals surface area contributed by atoms with Gasteiger partial charge in [0.05, 0.1) is 0 Å². The molecule has 0 N–H and O–H groups in total. The summed E-state index contributed by atoms with van der Waals surface area (Å²) >= 11 is 3.90. The number of hydrogen-bond donors (Lipinski definition) is 0. The molecule has 1 fully saturated rings. The molecule has 13 heavy (non-hydrogen) atoms. The van der Waals surface area contributed by atoms with Crippen LogP contribution in [0.2, 0.25) is 0 Å². The molecule has 74 valence electrons. The van der Waals surface area contributed by atoms with E-state index in [1.54, 1.807) is 0 Å². The van der Waals surface area contributed by atoms with Gasteiger partial charge in [-0.15, -0.1) is 23.5 Å². The first-order valence-corrected chi connectivity index (χ1v) is 6.63. The number of carbonyl (C=O) groups excluding carboxylic acids is 1. The summed E-state index contributed by atoms with van der Waals surface area (Å²) in [6.07, 6.45) is 3.00. The molecule has 0 aromatic rings. The number of aldehydes is 1. The molecule has 1 rings (SSSR count). The first-order chi connectivity index (χ1) is 6.25. The van der Waals surface area contributed by atoms with Gasteiger partial charge in [-0.25, -0.2) is 0 Å². The van der Waals surface area contributed by atoms with E-state index in [0.717, 1.165) is 6.29 Å². The lowest BCUT2D eigenvalue weighted by molar-refractivity contribution is -0.108. The van der Waals surface area contributed by atoms with Crippen LogP contribution in [0.4, 0.5) is 0 Å². The molecule has 0 bridgehead atoms. The summed E-state index contributed by atoms with van der Waals surface area (Å²) in [6.45, 7) is 4.29. The maximum Gasteiger partial charge on any atom is 0.120 e. The minimum atomic E-state index is 0.422. The summed E-state index contributed by atoms with van der Waals surface area (Å²) in [5.74, 6) is 2.91. The van der Waals surface area contributed by atoms with Crippen LogP contribution in [-0.2, 0) is 4.79 Å². The van der Waals surface area contributed by atoms with Gasteiger partial charge in [-0.3, -0.25) is 0 Å². The summed E-state index contributed by atoms with van der Waals surface area (Å²) < 4.78 is 1.46. The minimum absolute atomic E-state index is 0.422. The first-order valence-electron chi connectivity index (χ1n) is 4.65. The maximum absolute atomic E-state index is 10.4. The number of carbonyl (C=O) groups is 1. The first kappa shape index (κ1) is 11.2. The Bertz CT molecular complexity index is 203. The van der Waals surface area contributed by atoms with Crippen molar-refractivity contribution in [3.63, 3.8) is 0 Å². The molecular weight excluding hydrogens is 200 g/mol. The Morgan fingerprint density at radius 3 is 2.69 bits per heavy atom. The van der Waals surface area contributed by atoms with Crippen molar-refractivity contribution in [3.05, 3.63) is 9.81 Å². The third-order valence-electron chi connectivity index (χ3n) is 2.27. The Balaban J connectivity index is 2.59. The molecule has 0 spiro atoms. The van der Waals surface area contributed by atoms with Crippen molar-refractivity contribution >= 4 is 29.8 Å². The third kappa shape index (κ3) is 3.39. The molecule has 3 heteroatoms. The van der Waals surface area contributed by atoms with Crippen LogP contribution >= 0.6 is 23.5 Å². The average Bonchev–Trinajstić information content (AvgIpc) is 2.18. The highest BCUT2D eigenvalue weighted by atomic mass is 32.2. The van der Waals surface area contributed by atoms with E-state index >= 15 is 0 Å². The molecule has 0 aromatic heterocycles. The fourth-order valence-corrected chi connectivity index (χ4v) is 4.00. The van der Waals surface area contributed by atoms with Gasteiger partial charge in [-0.05, 0) is 30.8 Å². The third-order valence-corrected chi connectivity index (χ3v) is 5.13. The Labute approximate surface area is 88.7 Å². The molecule has 1 atom stereocenters. The fraction of sp³-hybridized carbons (Fsp3) is 0.700. The molecule has 0 saturated carbocycles. The minimum Gasteiger partial charge on any atom is -0.303 e. The van der Waals surface area contributed by atoms with Crippen molar-refractivity contribution in [2.24, 2.45) is 5.92 Å². The molecule has 1 saturated heterocycles. The number of hydrogen-bond acceptors (Lipinski definition) is 3. The highest BCUT2D eigenvalue weighted by Crippen LogP contribution is 2.39. The van der Waals surface area contributed by atoms with Crippen molar-refractivity contribution in [3.8, 4) is 0 Å². The Kier molecular flexibility index (Phi) is 4.96. The van der Waals surface area contributed by atoms with Crippen LogP contribution in [-0.4, -0.2) is 17.8 Å². The zero-order chi connectivity index (χ0) is 9.68. The van der Waals surface area contributed by atoms with E-state index in [1.165, 1.54) is 27.7 Å². The van der Waals surface area contributed by atoms with Crippen molar-refractivity contribution < 1.29 is 4.79 Å². The second-order valence-corrected chi connectivity index (χ2v) is 5.79. The van der Waals surface area contributed by atoms with Crippen molar-refractivity contribution in [1.82, 2.24) is 0 Å². The van der Waals surface area contributed by atoms with Gasteiger partial charge in [-0.2, -0.15) is 0 Å². The lowest BCUT2D eigenvalue weighted by atomic mass is 10.0. The second-order valence-electron chi connectivity index (χ2n) is 3.32. The van der Waals surface area contributed by atoms with E-state index < -0.39 is 0 Å². The molecular formula is C10H16OS2. The van der Waals surface area contributed by atoms with E-state index in [1.807, 2.05) is 23.5 Å². The van der Waals surface area contributed by atoms with E-state index in [-0.39, 0.29) is 0 Å². The van der Waals surface area contributed by atoms with Gasteiger partial charge >= 0.3 is 0 Å². The summed E-state index contributed by atoms with van der Waals surface area (Å²) in [4.78, 5) is 10.4. The molecule has 0 amide bonds. The van der Waals surface area contributed by atoms with Crippen LogP contribution in [0.3, 0.4) is 0 Å². The van der Waals surface area contributed by atoms with E-state index in [4.69, 9.17) is 0 Å². The van der Waals surface area contributed by atoms with Gasteiger partial charge in [0.1, 0.15) is 6.29 Å². The van der Waals surface area contributed by atoms with E-state index in [0.29, 0.717) is 12.3 Å². The molecule has 1 heterocycles. The molecule has 1 nitrogen and oxygen atoms in total. The molecule has 1 aliphatic heterocycles. The van der Waals surface area contributed by atoms with Crippen LogP contribution in [0, 0.1) is 5.92 Å². The van der Waals surface area contributed by atoms with E-state index in [2.05, 4.69) is 13.8 Å². The molecule has 0 aliphatic carbocycles. The van der Waals surface area contributed by atoms with Crippen LogP contribution in [0.1, 0.15) is 26.7 Å². The quantitative estimate of drug-likeness (QED) is 0.674. The standard InChI is InChI=1S/C10H16OS2/c1-8(4-5-11)9(2)10-12-6-3-7-13-10/h5,8H,3-4,6-7H2,1-2H3/t8-/m1/s1. The number of allylic oxidation sites excluding steroid dienone is 1. The molecule has 0 unspecified atom stereocenters.